The first-order chi connectivity index (χ1) is 12.4. The van der Waals surface area contributed by atoms with Crippen LogP contribution in [0.2, 0.25) is 0 Å². The third kappa shape index (κ3) is 5.51. The number of H-pyrrole nitrogens is 1. The van der Waals surface area contributed by atoms with Gasteiger partial charge in [-0.1, -0.05) is 37.6 Å². The molecular formula is C19H28N4O2S. The number of carbonyl (C=O) groups excluding carboxylic acids is 1. The zero-order valence-electron chi connectivity index (χ0n) is 16.0. The summed E-state index contributed by atoms with van der Waals surface area (Å²) >= 11 is 5.36. The molecule has 0 fully saturated rings. The minimum absolute atomic E-state index is 0.106. The largest absolute Gasteiger partial charge is 0.383 e. The maximum Gasteiger partial charge on any atom is 0.224 e. The summed E-state index contributed by atoms with van der Waals surface area (Å²) in [7, 11) is 1.65. The summed E-state index contributed by atoms with van der Waals surface area (Å²) in [6.07, 6.45) is 0.378. The third-order valence-electron chi connectivity index (χ3n) is 4.09. The molecule has 1 aromatic heterocycles. The first-order valence-electron chi connectivity index (χ1n) is 8.91. The summed E-state index contributed by atoms with van der Waals surface area (Å²) in [5.74, 6) is 1.28. The van der Waals surface area contributed by atoms with Crippen LogP contribution in [0.15, 0.2) is 24.3 Å². The molecule has 0 bridgehead atoms. The normalized spacial score (nSPS) is 11.1. The van der Waals surface area contributed by atoms with E-state index in [0.717, 1.165) is 23.5 Å². The molecule has 0 spiro atoms. The van der Waals surface area contributed by atoms with Gasteiger partial charge in [0.2, 0.25) is 5.91 Å². The van der Waals surface area contributed by atoms with E-state index in [0.29, 0.717) is 36.8 Å². The number of nitrogens with zero attached hydrogens (tertiary/aromatic N) is 3. The first-order valence-corrected chi connectivity index (χ1v) is 9.32. The topological polar surface area (TPSA) is 63.1 Å². The van der Waals surface area contributed by atoms with Crippen LogP contribution in [0, 0.1) is 17.6 Å². The van der Waals surface area contributed by atoms with Gasteiger partial charge in [0.15, 0.2) is 10.6 Å². The molecule has 0 aliphatic carbocycles. The summed E-state index contributed by atoms with van der Waals surface area (Å²) < 4.78 is 7.55. The number of benzene rings is 1. The fourth-order valence-electron chi connectivity index (χ4n) is 2.86. The van der Waals surface area contributed by atoms with Gasteiger partial charge in [-0.05, 0) is 31.1 Å². The summed E-state index contributed by atoms with van der Waals surface area (Å²) in [6.45, 7) is 8.62. The quantitative estimate of drug-likeness (QED) is 0.681. The van der Waals surface area contributed by atoms with Crippen LogP contribution in [-0.4, -0.2) is 52.4 Å². The van der Waals surface area contributed by atoms with Crippen molar-refractivity contribution in [3.63, 3.8) is 0 Å². The van der Waals surface area contributed by atoms with E-state index in [1.54, 1.807) is 7.11 Å². The molecule has 0 aliphatic heterocycles. The van der Waals surface area contributed by atoms with Crippen molar-refractivity contribution in [1.29, 1.82) is 0 Å². The lowest BCUT2D eigenvalue weighted by atomic mass is 10.1. The van der Waals surface area contributed by atoms with Crippen molar-refractivity contribution < 1.29 is 9.53 Å². The lowest BCUT2D eigenvalue weighted by Gasteiger charge is -2.24. The van der Waals surface area contributed by atoms with E-state index in [-0.39, 0.29) is 5.91 Å². The van der Waals surface area contributed by atoms with E-state index < -0.39 is 0 Å². The molecule has 7 heteroatoms. The highest BCUT2D eigenvalue weighted by atomic mass is 32.1. The molecule has 142 valence electrons. The zero-order chi connectivity index (χ0) is 19.1. The van der Waals surface area contributed by atoms with Gasteiger partial charge in [0.25, 0.3) is 0 Å². The Morgan fingerprint density at radius 1 is 1.42 bits per heavy atom. The second kappa shape index (κ2) is 9.64. The fourth-order valence-corrected chi connectivity index (χ4v) is 3.08. The fraction of sp³-hybridized carbons (Fsp3) is 0.526. The van der Waals surface area contributed by atoms with Crippen molar-refractivity contribution in [2.45, 2.75) is 33.7 Å². The number of hydrogen-bond acceptors (Lipinski definition) is 4. The van der Waals surface area contributed by atoms with E-state index in [4.69, 9.17) is 17.0 Å². The highest BCUT2D eigenvalue weighted by Gasteiger charge is 2.16. The standard InChI is InChI=1S/C19H28N4O2S/c1-14(2)13-22(10-11-25-4)17(24)8-9-23-18(20-21-19(23)26)16-7-5-6-15(3)12-16/h5-7,12,14H,8-11,13H2,1-4H3,(H,21,26). The molecule has 1 heterocycles. The summed E-state index contributed by atoms with van der Waals surface area (Å²) in [5, 5.41) is 7.19. The van der Waals surface area contributed by atoms with Gasteiger partial charge in [-0.2, -0.15) is 5.10 Å². The summed E-state index contributed by atoms with van der Waals surface area (Å²) in [5.41, 5.74) is 2.14. The predicted octanol–water partition coefficient (Wildman–Crippen LogP) is 3.44. The van der Waals surface area contributed by atoms with Crippen molar-refractivity contribution >= 4 is 18.1 Å². The molecular weight excluding hydrogens is 348 g/mol. The second-order valence-electron chi connectivity index (χ2n) is 6.85. The van der Waals surface area contributed by atoms with Gasteiger partial charge < -0.3 is 9.64 Å². The predicted molar refractivity (Wildman–Crippen MR) is 105 cm³/mol. The molecule has 2 rings (SSSR count). The number of methoxy groups -OCH3 is 1. The van der Waals surface area contributed by atoms with Gasteiger partial charge in [-0.25, -0.2) is 0 Å². The zero-order valence-corrected chi connectivity index (χ0v) is 16.8. The van der Waals surface area contributed by atoms with Gasteiger partial charge >= 0.3 is 0 Å². The first kappa shape index (κ1) is 20.3. The van der Waals surface area contributed by atoms with Crippen LogP contribution in [0.1, 0.15) is 25.8 Å². The number of rotatable bonds is 9. The van der Waals surface area contributed by atoms with E-state index >= 15 is 0 Å². The molecule has 26 heavy (non-hydrogen) atoms. The number of amides is 1. The lowest BCUT2D eigenvalue weighted by molar-refractivity contribution is -0.132. The molecule has 0 radical (unpaired) electrons. The smallest absolute Gasteiger partial charge is 0.224 e. The Labute approximate surface area is 160 Å². The van der Waals surface area contributed by atoms with Crippen molar-refractivity contribution in [2.24, 2.45) is 5.92 Å². The van der Waals surface area contributed by atoms with Crippen LogP contribution in [0.5, 0.6) is 0 Å². The Bertz CT molecular complexity index is 782. The van der Waals surface area contributed by atoms with E-state index in [1.165, 1.54) is 0 Å². The SMILES string of the molecule is COCCN(CC(C)C)C(=O)CCn1c(-c2cccc(C)c2)n[nH]c1=S. The summed E-state index contributed by atoms with van der Waals surface area (Å²) in [4.78, 5) is 14.6. The molecule has 0 saturated heterocycles. The number of nitrogens with one attached hydrogen (secondary N) is 1. The molecule has 0 unspecified atom stereocenters. The van der Waals surface area contributed by atoms with Crippen molar-refractivity contribution in [1.82, 2.24) is 19.7 Å². The molecule has 1 aromatic carbocycles. The van der Waals surface area contributed by atoms with Gasteiger partial charge in [0, 0.05) is 38.7 Å². The minimum atomic E-state index is 0.106. The maximum absolute atomic E-state index is 12.7. The van der Waals surface area contributed by atoms with Crippen LogP contribution >= 0.6 is 12.2 Å². The van der Waals surface area contributed by atoms with Gasteiger partial charge in [0.05, 0.1) is 6.61 Å². The highest BCUT2D eigenvalue weighted by molar-refractivity contribution is 7.71. The molecule has 6 nitrogen and oxygen atoms in total. The van der Waals surface area contributed by atoms with E-state index in [2.05, 4.69) is 30.1 Å². The minimum Gasteiger partial charge on any atom is -0.383 e. The van der Waals surface area contributed by atoms with Crippen LogP contribution in [0.25, 0.3) is 11.4 Å². The van der Waals surface area contributed by atoms with Crippen LogP contribution in [-0.2, 0) is 16.1 Å². The Balaban J connectivity index is 2.12. The molecule has 0 atom stereocenters. The monoisotopic (exact) mass is 376 g/mol. The number of aromatic nitrogens is 3. The van der Waals surface area contributed by atoms with Crippen molar-refractivity contribution in [3.8, 4) is 11.4 Å². The van der Waals surface area contributed by atoms with Gasteiger partial charge in [-0.3, -0.25) is 14.5 Å². The second-order valence-corrected chi connectivity index (χ2v) is 7.24. The Morgan fingerprint density at radius 2 is 2.19 bits per heavy atom. The van der Waals surface area contributed by atoms with Crippen molar-refractivity contribution in [3.05, 3.63) is 34.6 Å². The molecule has 1 N–H and O–H groups in total. The number of hydrogen-bond donors (Lipinski definition) is 1. The Morgan fingerprint density at radius 3 is 2.85 bits per heavy atom. The van der Waals surface area contributed by atoms with Crippen molar-refractivity contribution in [2.75, 3.05) is 26.8 Å². The van der Waals surface area contributed by atoms with Crippen LogP contribution < -0.4 is 0 Å². The summed E-state index contributed by atoms with van der Waals surface area (Å²) in [6, 6.07) is 8.10. The molecule has 0 saturated carbocycles. The Hall–Kier alpha value is -1.99. The number of ether oxygens (including phenoxy) is 1. The van der Waals surface area contributed by atoms with Gasteiger partial charge in [0.1, 0.15) is 0 Å². The van der Waals surface area contributed by atoms with Gasteiger partial charge in [-0.15, -0.1) is 0 Å². The lowest BCUT2D eigenvalue weighted by Crippen LogP contribution is -2.37. The van der Waals surface area contributed by atoms with E-state index in [9.17, 15) is 4.79 Å². The average molecular weight is 377 g/mol. The average Bonchev–Trinajstić information content (AvgIpc) is 2.97. The number of aryl methyl sites for hydroxylation is 1. The van der Waals surface area contributed by atoms with E-state index in [1.807, 2.05) is 34.6 Å². The molecule has 0 aliphatic rings. The number of carbonyl (C=O) groups is 1. The molecule has 1 amide bonds. The Kier molecular flexibility index (Phi) is 7.53. The number of aromatic amines is 1. The van der Waals surface area contributed by atoms with Crippen LogP contribution in [0.4, 0.5) is 0 Å². The molecule has 2 aromatic rings. The van der Waals surface area contributed by atoms with Crippen LogP contribution in [0.3, 0.4) is 0 Å². The highest BCUT2D eigenvalue weighted by Crippen LogP contribution is 2.19. The maximum atomic E-state index is 12.7. The third-order valence-corrected chi connectivity index (χ3v) is 4.40.